The van der Waals surface area contributed by atoms with Crippen LogP contribution in [0.25, 0.3) is 0 Å². The largest absolute Gasteiger partial charge is 2.00 e. The summed E-state index contributed by atoms with van der Waals surface area (Å²) in [5.41, 5.74) is 0.747. The van der Waals surface area contributed by atoms with E-state index in [2.05, 4.69) is 44.4 Å². The van der Waals surface area contributed by atoms with Gasteiger partial charge in [-0.3, -0.25) is 9.13 Å². The molecular formula is C28H44CaO16P2. The minimum absolute atomic E-state index is 0. The maximum atomic E-state index is 11.5. The molecule has 0 radical (unpaired) electrons. The zero-order valence-electron chi connectivity index (χ0n) is 28.1. The molecule has 0 aliphatic rings. The maximum Gasteiger partial charge on any atom is 2.00 e. The summed E-state index contributed by atoms with van der Waals surface area (Å²) in [5.74, 6) is -2.60. The second-order valence-corrected chi connectivity index (χ2v) is 12.9. The van der Waals surface area contributed by atoms with Gasteiger partial charge in [-0.2, -0.15) is 0 Å². The summed E-state index contributed by atoms with van der Waals surface area (Å²) in [6, 6.07) is 0. The molecule has 47 heavy (non-hydrogen) atoms. The Morgan fingerprint density at radius 3 is 0.766 bits per heavy atom. The van der Waals surface area contributed by atoms with Crippen LogP contribution in [0, 0.1) is 0 Å². The fraction of sp³-hybridized carbons (Fsp3) is 0.571. The van der Waals surface area contributed by atoms with E-state index in [9.17, 15) is 38.1 Å². The number of hydrogen-bond donors (Lipinski definition) is 0. The van der Waals surface area contributed by atoms with E-state index < -0.39 is 90.4 Å². The Morgan fingerprint density at radius 1 is 0.489 bits per heavy atom. The van der Waals surface area contributed by atoms with E-state index in [1.807, 2.05) is 0 Å². The molecule has 16 nitrogen and oxygen atoms in total. The fourth-order valence-electron chi connectivity index (χ4n) is 2.13. The standard InChI is InChI=1S/2C14H23O8P.Ca/c2*1-9(2)13(15)21-11(5)7-19-23(17,18)20-8-12(6)22-14(16)10(3)4;/h2*11-12H,1,3,7-8H2,2,4-6H3,(H,17,18);/q;;+2/p-2. The average molecular weight is 739 g/mol. The van der Waals surface area contributed by atoms with E-state index >= 15 is 0 Å². The topological polar surface area (TPSA) is 222 Å². The van der Waals surface area contributed by atoms with Crippen molar-refractivity contribution in [1.29, 1.82) is 0 Å². The van der Waals surface area contributed by atoms with Crippen LogP contribution in [0.5, 0.6) is 0 Å². The van der Waals surface area contributed by atoms with E-state index in [4.69, 9.17) is 18.9 Å². The molecule has 0 spiro atoms. The van der Waals surface area contributed by atoms with Crippen molar-refractivity contribution >= 4 is 77.3 Å². The molecule has 4 unspecified atom stereocenters. The zero-order chi connectivity index (χ0) is 36.4. The minimum Gasteiger partial charge on any atom is -0.756 e. The van der Waals surface area contributed by atoms with Crippen molar-refractivity contribution < 1.29 is 75.1 Å². The molecule has 0 aromatic carbocycles. The van der Waals surface area contributed by atoms with Gasteiger partial charge in [0.05, 0.1) is 26.4 Å². The van der Waals surface area contributed by atoms with Gasteiger partial charge in [-0.25, -0.2) is 19.2 Å². The van der Waals surface area contributed by atoms with Crippen LogP contribution < -0.4 is 9.79 Å². The van der Waals surface area contributed by atoms with Gasteiger partial charge in [0.1, 0.15) is 24.4 Å². The van der Waals surface area contributed by atoms with E-state index in [0.29, 0.717) is 0 Å². The number of carbonyl (C=O) groups is 4. The summed E-state index contributed by atoms with van der Waals surface area (Å²) in [5, 5.41) is 0. The van der Waals surface area contributed by atoms with Crippen LogP contribution in [0.2, 0.25) is 0 Å². The van der Waals surface area contributed by atoms with Gasteiger partial charge >= 0.3 is 61.6 Å². The normalized spacial score (nSPS) is 15.5. The Hall–Kier alpha value is -1.68. The summed E-state index contributed by atoms with van der Waals surface area (Å²) in [4.78, 5) is 68.0. The monoisotopic (exact) mass is 738 g/mol. The van der Waals surface area contributed by atoms with E-state index in [0.717, 1.165) is 0 Å². The van der Waals surface area contributed by atoms with Crippen molar-refractivity contribution in [3.63, 3.8) is 0 Å². The first kappa shape index (κ1) is 49.7. The van der Waals surface area contributed by atoms with E-state index in [1.165, 1.54) is 55.4 Å². The zero-order valence-corrected chi connectivity index (χ0v) is 32.1. The van der Waals surface area contributed by atoms with Crippen molar-refractivity contribution in [3.8, 4) is 0 Å². The van der Waals surface area contributed by atoms with Gasteiger partial charge in [-0.05, 0) is 55.4 Å². The molecule has 0 fully saturated rings. The van der Waals surface area contributed by atoms with Gasteiger partial charge in [0, 0.05) is 22.3 Å². The molecule has 0 saturated carbocycles. The Morgan fingerprint density at radius 2 is 0.638 bits per heavy atom. The Balaban J connectivity index is -0.000000807. The number of rotatable bonds is 20. The Bertz CT molecular complexity index is 1040. The third kappa shape index (κ3) is 26.9. The van der Waals surface area contributed by atoms with E-state index in [-0.39, 0.29) is 60.0 Å². The number of esters is 4. The molecule has 0 saturated heterocycles. The van der Waals surface area contributed by atoms with Crippen molar-refractivity contribution in [2.75, 3.05) is 26.4 Å². The molecule has 0 bridgehead atoms. The van der Waals surface area contributed by atoms with Gasteiger partial charge in [0.2, 0.25) is 0 Å². The first-order valence-electron chi connectivity index (χ1n) is 13.5. The molecule has 0 aliphatic heterocycles. The second-order valence-electron chi connectivity index (χ2n) is 10.1. The second kappa shape index (κ2) is 24.5. The summed E-state index contributed by atoms with van der Waals surface area (Å²) in [6.07, 6.45) is -3.21. The molecular weight excluding hydrogens is 694 g/mol. The SMILES string of the molecule is C=C(C)C(=O)OC(C)COP(=O)([O-])OCC(C)OC(=O)C(=C)C.C=C(C)C(=O)OC(C)COP(=O)([O-])OCC(C)OC(=O)C(=C)C.[Ca+2]. The molecule has 0 aromatic rings. The predicted molar refractivity (Wildman–Crippen MR) is 166 cm³/mol. The van der Waals surface area contributed by atoms with Crippen molar-refractivity contribution in [2.45, 2.75) is 79.8 Å². The molecule has 0 N–H and O–H groups in total. The van der Waals surface area contributed by atoms with Gasteiger partial charge < -0.3 is 46.8 Å². The molecule has 19 heteroatoms. The van der Waals surface area contributed by atoms with Crippen LogP contribution in [0.1, 0.15) is 55.4 Å². The first-order chi connectivity index (χ1) is 20.9. The molecule has 0 heterocycles. The predicted octanol–water partition coefficient (Wildman–Crippen LogP) is 2.63. The minimum atomic E-state index is -4.61. The van der Waals surface area contributed by atoms with Gasteiger partial charge in [0.15, 0.2) is 0 Å². The number of ether oxygens (including phenoxy) is 4. The van der Waals surface area contributed by atoms with Gasteiger partial charge in [-0.1, -0.05) is 26.3 Å². The molecule has 0 rings (SSSR count). The summed E-state index contributed by atoms with van der Waals surface area (Å²) >= 11 is 0. The number of phosphoric ester groups is 2. The smallest absolute Gasteiger partial charge is 0.756 e. The van der Waals surface area contributed by atoms with Gasteiger partial charge in [0.25, 0.3) is 15.6 Å². The van der Waals surface area contributed by atoms with Crippen molar-refractivity contribution in [3.05, 3.63) is 48.6 Å². The van der Waals surface area contributed by atoms with Crippen LogP contribution in [0.4, 0.5) is 0 Å². The molecule has 0 amide bonds. The molecule has 4 atom stereocenters. The summed E-state index contributed by atoms with van der Waals surface area (Å²) < 4.78 is 60.9. The number of phosphoric acid groups is 2. The maximum absolute atomic E-state index is 11.5. The van der Waals surface area contributed by atoms with E-state index in [1.54, 1.807) is 0 Å². The third-order valence-electron chi connectivity index (χ3n) is 4.50. The van der Waals surface area contributed by atoms with Crippen LogP contribution in [0.15, 0.2) is 48.6 Å². The summed E-state index contributed by atoms with van der Waals surface area (Å²) in [6.45, 7) is 23.7. The number of hydrogen-bond acceptors (Lipinski definition) is 16. The van der Waals surface area contributed by atoms with Crippen molar-refractivity contribution in [2.24, 2.45) is 0 Å². The van der Waals surface area contributed by atoms with Crippen LogP contribution in [-0.2, 0) is 65.4 Å². The molecule has 0 aromatic heterocycles. The van der Waals surface area contributed by atoms with Gasteiger partial charge in [-0.15, -0.1) is 0 Å². The molecule has 264 valence electrons. The van der Waals surface area contributed by atoms with Crippen LogP contribution >= 0.6 is 15.6 Å². The molecule has 0 aliphatic carbocycles. The average Bonchev–Trinajstić information content (AvgIpc) is 2.93. The third-order valence-corrected chi connectivity index (χ3v) is 6.36. The van der Waals surface area contributed by atoms with Crippen LogP contribution in [0.3, 0.4) is 0 Å². The van der Waals surface area contributed by atoms with Crippen molar-refractivity contribution in [1.82, 2.24) is 0 Å². The Labute approximate surface area is 305 Å². The first-order valence-corrected chi connectivity index (χ1v) is 16.5. The number of carbonyl (C=O) groups excluding carboxylic acids is 4. The quantitative estimate of drug-likeness (QED) is 0.0576. The summed E-state index contributed by atoms with van der Waals surface area (Å²) in [7, 11) is -9.22. The Kier molecular flexibility index (Phi) is 25.9. The fourth-order valence-corrected chi connectivity index (χ4v) is 3.85. The van der Waals surface area contributed by atoms with Crippen LogP contribution in [-0.4, -0.2) is 112 Å².